The molecule has 1 fully saturated rings. The number of fused-ring (bicyclic) bond motifs is 1. The van der Waals surface area contributed by atoms with Crippen LogP contribution in [0.4, 0.5) is 0 Å². The Bertz CT molecular complexity index is 477. The lowest BCUT2D eigenvalue weighted by molar-refractivity contribution is 0.411. The van der Waals surface area contributed by atoms with Crippen LogP contribution >= 0.6 is 0 Å². The van der Waals surface area contributed by atoms with Crippen LogP contribution in [0.2, 0.25) is 0 Å². The summed E-state index contributed by atoms with van der Waals surface area (Å²) in [7, 11) is 2.14. The van der Waals surface area contributed by atoms with Crippen molar-refractivity contribution in [3.63, 3.8) is 0 Å². The van der Waals surface area contributed by atoms with Crippen molar-refractivity contribution in [3.05, 3.63) is 18.1 Å². The van der Waals surface area contributed by atoms with E-state index in [-0.39, 0.29) is 0 Å². The Morgan fingerprint density at radius 3 is 3.07 bits per heavy atom. The first-order chi connectivity index (χ1) is 7.34. The first kappa shape index (κ1) is 8.79. The van der Waals surface area contributed by atoms with Crippen LogP contribution in [-0.4, -0.2) is 45.2 Å². The van der Waals surface area contributed by atoms with Crippen molar-refractivity contribution in [2.75, 3.05) is 20.1 Å². The van der Waals surface area contributed by atoms with Crippen LogP contribution in [0.1, 0.15) is 18.0 Å². The van der Waals surface area contributed by atoms with Gasteiger partial charge in [-0.25, -0.2) is 9.97 Å². The first-order valence-electron chi connectivity index (χ1n) is 5.18. The van der Waals surface area contributed by atoms with Gasteiger partial charge in [-0.3, -0.25) is 5.10 Å². The second-order valence-corrected chi connectivity index (χ2v) is 4.11. The maximum atomic E-state index is 4.34. The van der Waals surface area contributed by atoms with Gasteiger partial charge in [-0.05, 0) is 20.0 Å². The molecule has 3 heterocycles. The Labute approximate surface area is 87.5 Å². The fourth-order valence-electron chi connectivity index (χ4n) is 2.22. The minimum atomic E-state index is 0.525. The van der Waals surface area contributed by atoms with E-state index >= 15 is 0 Å². The predicted molar refractivity (Wildman–Crippen MR) is 56.5 cm³/mol. The zero-order valence-electron chi connectivity index (χ0n) is 8.64. The van der Waals surface area contributed by atoms with E-state index in [2.05, 4.69) is 32.1 Å². The number of rotatable bonds is 1. The predicted octanol–water partition coefficient (Wildman–Crippen LogP) is 0.772. The minimum absolute atomic E-state index is 0.525. The van der Waals surface area contributed by atoms with E-state index in [1.807, 2.05) is 0 Å². The van der Waals surface area contributed by atoms with Crippen molar-refractivity contribution in [1.29, 1.82) is 0 Å². The zero-order valence-corrected chi connectivity index (χ0v) is 8.64. The molecule has 0 saturated carbocycles. The number of aromatic amines is 1. The molecular weight excluding hydrogens is 190 g/mol. The molecule has 1 aliphatic rings. The molecule has 0 aromatic carbocycles. The van der Waals surface area contributed by atoms with Crippen molar-refractivity contribution < 1.29 is 0 Å². The van der Waals surface area contributed by atoms with Crippen molar-refractivity contribution in [2.45, 2.75) is 12.3 Å². The van der Waals surface area contributed by atoms with Gasteiger partial charge in [0.1, 0.15) is 5.52 Å². The number of hydrogen-bond donors (Lipinski definition) is 1. The van der Waals surface area contributed by atoms with Crippen LogP contribution in [-0.2, 0) is 0 Å². The number of aromatic nitrogens is 4. The van der Waals surface area contributed by atoms with E-state index in [4.69, 9.17) is 0 Å². The Morgan fingerprint density at radius 1 is 1.40 bits per heavy atom. The maximum Gasteiger partial charge on any atom is 0.199 e. The Kier molecular flexibility index (Phi) is 1.92. The van der Waals surface area contributed by atoms with Gasteiger partial charge in [0.2, 0.25) is 0 Å². The average molecular weight is 203 g/mol. The van der Waals surface area contributed by atoms with Crippen LogP contribution in [0.3, 0.4) is 0 Å². The van der Waals surface area contributed by atoms with E-state index in [0.717, 1.165) is 29.9 Å². The highest BCUT2D eigenvalue weighted by Crippen LogP contribution is 2.28. The molecule has 0 amide bonds. The molecule has 1 saturated heterocycles. The van der Waals surface area contributed by atoms with E-state index in [0.29, 0.717) is 5.92 Å². The first-order valence-corrected chi connectivity index (χ1v) is 5.18. The molecule has 5 nitrogen and oxygen atoms in total. The summed E-state index contributed by atoms with van der Waals surface area (Å²) in [6, 6.07) is 0. The zero-order chi connectivity index (χ0) is 10.3. The van der Waals surface area contributed by atoms with Gasteiger partial charge in [-0.2, -0.15) is 5.10 Å². The van der Waals surface area contributed by atoms with Crippen LogP contribution in [0.5, 0.6) is 0 Å². The third kappa shape index (κ3) is 1.39. The van der Waals surface area contributed by atoms with Gasteiger partial charge in [-0.1, -0.05) is 0 Å². The molecule has 1 atom stereocenters. The molecule has 15 heavy (non-hydrogen) atoms. The smallest absolute Gasteiger partial charge is 0.199 e. The van der Waals surface area contributed by atoms with Gasteiger partial charge in [0.05, 0.1) is 5.69 Å². The summed E-state index contributed by atoms with van der Waals surface area (Å²) in [5.41, 5.74) is 2.79. The highest BCUT2D eigenvalue weighted by atomic mass is 15.2. The SMILES string of the molecule is CN1CCC(c2[nH]nc3nccnc23)C1. The van der Waals surface area contributed by atoms with Crippen LogP contribution < -0.4 is 0 Å². The molecule has 1 N–H and O–H groups in total. The summed E-state index contributed by atoms with van der Waals surface area (Å²) in [4.78, 5) is 10.8. The molecule has 2 aromatic heterocycles. The van der Waals surface area contributed by atoms with Gasteiger partial charge in [0.15, 0.2) is 5.65 Å². The van der Waals surface area contributed by atoms with Crippen LogP contribution in [0, 0.1) is 0 Å². The molecule has 78 valence electrons. The number of nitrogens with one attached hydrogen (secondary N) is 1. The topological polar surface area (TPSA) is 57.7 Å². The monoisotopic (exact) mass is 203 g/mol. The molecule has 0 aliphatic carbocycles. The Morgan fingerprint density at radius 2 is 2.27 bits per heavy atom. The molecule has 1 unspecified atom stereocenters. The summed E-state index contributed by atoms with van der Waals surface area (Å²) >= 11 is 0. The standard InChI is InChI=1S/C10H13N5/c1-15-5-2-7(6-15)8-9-10(14-13-8)12-4-3-11-9/h3-4,7H,2,5-6H2,1H3,(H,12,13,14). The Hall–Kier alpha value is -1.49. The number of likely N-dealkylation sites (tertiary alicyclic amines) is 1. The van der Waals surface area contributed by atoms with Gasteiger partial charge in [0, 0.05) is 24.9 Å². The third-order valence-electron chi connectivity index (χ3n) is 3.02. The number of nitrogens with zero attached hydrogens (tertiary/aromatic N) is 4. The molecule has 5 heteroatoms. The van der Waals surface area contributed by atoms with Gasteiger partial charge < -0.3 is 4.90 Å². The summed E-state index contributed by atoms with van der Waals surface area (Å²) in [6.45, 7) is 2.22. The normalized spacial score (nSPS) is 22.6. The lowest BCUT2D eigenvalue weighted by atomic mass is 10.0. The lowest BCUT2D eigenvalue weighted by Gasteiger charge is -2.07. The van der Waals surface area contributed by atoms with Crippen molar-refractivity contribution >= 4 is 11.2 Å². The largest absolute Gasteiger partial charge is 0.306 e. The minimum Gasteiger partial charge on any atom is -0.306 e. The van der Waals surface area contributed by atoms with E-state index in [1.165, 1.54) is 6.42 Å². The van der Waals surface area contributed by atoms with Gasteiger partial charge in [-0.15, -0.1) is 0 Å². The van der Waals surface area contributed by atoms with Gasteiger partial charge in [0.25, 0.3) is 0 Å². The molecular formula is C10H13N5. The molecule has 0 spiro atoms. The fourth-order valence-corrected chi connectivity index (χ4v) is 2.22. The quantitative estimate of drug-likeness (QED) is 0.743. The molecule has 2 aromatic rings. The third-order valence-corrected chi connectivity index (χ3v) is 3.02. The van der Waals surface area contributed by atoms with Crippen molar-refractivity contribution in [2.24, 2.45) is 0 Å². The lowest BCUT2D eigenvalue weighted by Crippen LogP contribution is -2.13. The number of H-pyrrole nitrogens is 1. The maximum absolute atomic E-state index is 4.34. The highest BCUT2D eigenvalue weighted by Gasteiger charge is 2.25. The molecule has 3 rings (SSSR count). The highest BCUT2D eigenvalue weighted by molar-refractivity contribution is 5.72. The van der Waals surface area contributed by atoms with Crippen LogP contribution in [0.25, 0.3) is 11.2 Å². The summed E-state index contributed by atoms with van der Waals surface area (Å²) in [5, 5.41) is 7.25. The Balaban J connectivity index is 2.04. The van der Waals surface area contributed by atoms with E-state index in [9.17, 15) is 0 Å². The van der Waals surface area contributed by atoms with Gasteiger partial charge >= 0.3 is 0 Å². The average Bonchev–Trinajstić information content (AvgIpc) is 2.83. The summed E-state index contributed by atoms with van der Waals surface area (Å²) in [5.74, 6) is 0.525. The second kappa shape index (κ2) is 3.27. The molecule has 0 radical (unpaired) electrons. The van der Waals surface area contributed by atoms with E-state index in [1.54, 1.807) is 12.4 Å². The number of likely N-dealkylation sites (N-methyl/N-ethyl adjacent to an activating group) is 1. The second-order valence-electron chi connectivity index (χ2n) is 4.11. The van der Waals surface area contributed by atoms with E-state index < -0.39 is 0 Å². The molecule has 0 bridgehead atoms. The fraction of sp³-hybridized carbons (Fsp3) is 0.500. The van der Waals surface area contributed by atoms with Crippen molar-refractivity contribution in [3.8, 4) is 0 Å². The summed E-state index contributed by atoms with van der Waals surface area (Å²) < 4.78 is 0. The number of hydrogen-bond acceptors (Lipinski definition) is 4. The summed E-state index contributed by atoms with van der Waals surface area (Å²) in [6.07, 6.45) is 4.57. The van der Waals surface area contributed by atoms with Crippen molar-refractivity contribution in [1.82, 2.24) is 25.1 Å². The molecule has 1 aliphatic heterocycles. The van der Waals surface area contributed by atoms with Crippen LogP contribution in [0.15, 0.2) is 12.4 Å².